The highest BCUT2D eigenvalue weighted by Crippen LogP contribution is 2.17. The second kappa shape index (κ2) is 9.01. The number of aryl methyl sites for hydroxylation is 1. The van der Waals surface area contributed by atoms with Crippen LogP contribution in [0.15, 0.2) is 84.0 Å². The summed E-state index contributed by atoms with van der Waals surface area (Å²) < 4.78 is 0. The van der Waals surface area contributed by atoms with Crippen LogP contribution in [0.2, 0.25) is 5.02 Å². The smallest absolute Gasteiger partial charge is 0.240 e. The van der Waals surface area contributed by atoms with Crippen molar-refractivity contribution in [1.29, 1.82) is 0 Å². The summed E-state index contributed by atoms with van der Waals surface area (Å²) in [5.41, 5.74) is 5.92. The largest absolute Gasteiger partial charge is 0.508 e. The molecule has 27 heavy (non-hydrogen) atoms. The zero-order chi connectivity index (χ0) is 19.1. The molecule has 3 aromatic carbocycles. The summed E-state index contributed by atoms with van der Waals surface area (Å²) in [6.45, 7) is 0. The van der Waals surface area contributed by atoms with E-state index >= 15 is 0 Å². The number of hydrogen-bond donors (Lipinski definition) is 2. The van der Waals surface area contributed by atoms with Gasteiger partial charge in [-0.25, -0.2) is 5.43 Å². The van der Waals surface area contributed by atoms with Gasteiger partial charge in [-0.05, 0) is 48.4 Å². The van der Waals surface area contributed by atoms with Gasteiger partial charge in [-0.15, -0.1) is 0 Å². The van der Waals surface area contributed by atoms with Crippen LogP contribution in [0.25, 0.3) is 0 Å². The number of hydrogen-bond acceptors (Lipinski definition) is 3. The lowest BCUT2D eigenvalue weighted by molar-refractivity contribution is -0.121. The fourth-order valence-electron chi connectivity index (χ4n) is 2.60. The van der Waals surface area contributed by atoms with Crippen molar-refractivity contribution < 1.29 is 9.90 Å². The fraction of sp³-hybridized carbons (Fsp3) is 0.0909. The van der Waals surface area contributed by atoms with E-state index in [9.17, 15) is 9.90 Å². The van der Waals surface area contributed by atoms with Crippen LogP contribution in [-0.4, -0.2) is 16.7 Å². The second-order valence-corrected chi connectivity index (χ2v) is 6.47. The average molecular weight is 379 g/mol. The molecule has 0 radical (unpaired) electrons. The number of phenolic OH excluding ortho intramolecular Hbond substituents is 1. The highest BCUT2D eigenvalue weighted by atomic mass is 35.5. The number of carbonyl (C=O) groups is 1. The van der Waals surface area contributed by atoms with Gasteiger partial charge in [-0.1, -0.05) is 54.1 Å². The molecule has 0 fully saturated rings. The Kier molecular flexibility index (Phi) is 6.23. The topological polar surface area (TPSA) is 61.7 Å². The van der Waals surface area contributed by atoms with Crippen molar-refractivity contribution in [2.75, 3.05) is 0 Å². The van der Waals surface area contributed by atoms with Crippen molar-refractivity contribution in [3.8, 4) is 5.75 Å². The van der Waals surface area contributed by atoms with Gasteiger partial charge in [0.15, 0.2) is 0 Å². The molecule has 1 amide bonds. The molecule has 0 aliphatic rings. The zero-order valence-electron chi connectivity index (χ0n) is 14.6. The SMILES string of the molecule is O=C(CCc1ccccc1)NN=C(c1ccc(O)cc1)c1ccc(Cl)cc1. The number of nitrogens with zero attached hydrogens (tertiary/aromatic N) is 1. The van der Waals surface area contributed by atoms with E-state index < -0.39 is 0 Å². The lowest BCUT2D eigenvalue weighted by atomic mass is 10.0. The van der Waals surface area contributed by atoms with E-state index in [1.807, 2.05) is 42.5 Å². The molecule has 0 aliphatic carbocycles. The maximum atomic E-state index is 12.2. The Balaban J connectivity index is 1.76. The Morgan fingerprint density at radius 2 is 1.48 bits per heavy atom. The van der Waals surface area contributed by atoms with Crippen LogP contribution in [0.4, 0.5) is 0 Å². The molecule has 0 atom stereocenters. The molecule has 0 saturated heterocycles. The standard InChI is InChI=1S/C22H19ClN2O2/c23-19-11-7-17(8-12-19)22(18-9-13-20(26)14-10-18)25-24-21(27)15-6-16-4-2-1-3-5-16/h1-5,7-14,26H,6,15H2,(H,24,27). The van der Waals surface area contributed by atoms with Gasteiger partial charge in [-0.3, -0.25) is 4.79 Å². The highest BCUT2D eigenvalue weighted by Gasteiger charge is 2.09. The van der Waals surface area contributed by atoms with Gasteiger partial charge in [0.25, 0.3) is 0 Å². The maximum Gasteiger partial charge on any atom is 0.240 e. The van der Waals surface area contributed by atoms with Crippen molar-refractivity contribution in [2.24, 2.45) is 5.10 Å². The lowest BCUT2D eigenvalue weighted by Crippen LogP contribution is -2.21. The van der Waals surface area contributed by atoms with E-state index in [0.29, 0.717) is 23.6 Å². The van der Waals surface area contributed by atoms with Crippen LogP contribution in [-0.2, 0) is 11.2 Å². The van der Waals surface area contributed by atoms with E-state index in [4.69, 9.17) is 11.6 Å². The van der Waals surface area contributed by atoms with Crippen molar-refractivity contribution >= 4 is 23.2 Å². The number of hydrazone groups is 1. The highest BCUT2D eigenvalue weighted by molar-refractivity contribution is 6.30. The molecular weight excluding hydrogens is 360 g/mol. The quantitative estimate of drug-likeness (QED) is 0.488. The first kappa shape index (κ1) is 18.7. The summed E-state index contributed by atoms with van der Waals surface area (Å²) >= 11 is 5.97. The normalized spacial score (nSPS) is 11.2. The third kappa shape index (κ3) is 5.43. The molecule has 0 aliphatic heterocycles. The number of phenols is 1. The molecule has 136 valence electrons. The summed E-state index contributed by atoms with van der Waals surface area (Å²) in [5, 5.41) is 14.5. The molecule has 0 heterocycles. The van der Waals surface area contributed by atoms with Crippen LogP contribution in [0.1, 0.15) is 23.1 Å². The average Bonchev–Trinajstić information content (AvgIpc) is 2.70. The summed E-state index contributed by atoms with van der Waals surface area (Å²) in [6.07, 6.45) is 0.995. The zero-order valence-corrected chi connectivity index (χ0v) is 15.4. The molecule has 4 nitrogen and oxygen atoms in total. The molecule has 5 heteroatoms. The molecular formula is C22H19ClN2O2. The Labute approximate surface area is 163 Å². The minimum atomic E-state index is -0.163. The summed E-state index contributed by atoms with van der Waals surface area (Å²) in [5.74, 6) is 0.00481. The first-order chi connectivity index (χ1) is 13.1. The van der Waals surface area contributed by atoms with Gasteiger partial charge in [0.1, 0.15) is 5.75 Å². The minimum absolute atomic E-state index is 0.163. The molecule has 0 aromatic heterocycles. The van der Waals surface area contributed by atoms with Crippen LogP contribution in [0.3, 0.4) is 0 Å². The third-order valence-corrected chi connectivity index (χ3v) is 4.29. The first-order valence-corrected chi connectivity index (χ1v) is 8.95. The number of carbonyl (C=O) groups excluding carboxylic acids is 1. The molecule has 3 rings (SSSR count). The van der Waals surface area contributed by atoms with Crippen molar-refractivity contribution in [3.05, 3.63) is 101 Å². The van der Waals surface area contributed by atoms with Gasteiger partial charge >= 0.3 is 0 Å². The van der Waals surface area contributed by atoms with Crippen LogP contribution in [0, 0.1) is 0 Å². The Morgan fingerprint density at radius 1 is 0.889 bits per heavy atom. The van der Waals surface area contributed by atoms with Gasteiger partial charge in [-0.2, -0.15) is 5.10 Å². The third-order valence-electron chi connectivity index (χ3n) is 4.03. The Morgan fingerprint density at radius 3 is 2.11 bits per heavy atom. The van der Waals surface area contributed by atoms with Crippen LogP contribution < -0.4 is 5.43 Å². The number of nitrogens with one attached hydrogen (secondary N) is 1. The minimum Gasteiger partial charge on any atom is -0.508 e. The number of benzene rings is 3. The number of aromatic hydroxyl groups is 1. The van der Waals surface area contributed by atoms with Gasteiger partial charge in [0.2, 0.25) is 5.91 Å². The summed E-state index contributed by atoms with van der Waals surface area (Å²) in [6, 6.07) is 23.7. The first-order valence-electron chi connectivity index (χ1n) is 8.57. The van der Waals surface area contributed by atoms with Crippen molar-refractivity contribution in [3.63, 3.8) is 0 Å². The van der Waals surface area contributed by atoms with E-state index in [1.54, 1.807) is 36.4 Å². The number of rotatable bonds is 6. The lowest BCUT2D eigenvalue weighted by Gasteiger charge is -2.09. The number of halogens is 1. The molecule has 0 saturated carbocycles. The van der Waals surface area contributed by atoms with Gasteiger partial charge in [0.05, 0.1) is 5.71 Å². The van der Waals surface area contributed by atoms with E-state index in [2.05, 4.69) is 10.5 Å². The van der Waals surface area contributed by atoms with Crippen molar-refractivity contribution in [2.45, 2.75) is 12.8 Å². The Hall–Kier alpha value is -3.11. The van der Waals surface area contributed by atoms with Crippen LogP contribution in [0.5, 0.6) is 5.75 Å². The summed E-state index contributed by atoms with van der Waals surface area (Å²) in [7, 11) is 0. The summed E-state index contributed by atoms with van der Waals surface area (Å²) in [4.78, 5) is 12.2. The molecule has 0 unspecified atom stereocenters. The monoisotopic (exact) mass is 378 g/mol. The predicted octanol–water partition coefficient (Wildman–Crippen LogP) is 4.55. The van der Waals surface area contributed by atoms with E-state index in [0.717, 1.165) is 16.7 Å². The molecule has 0 bridgehead atoms. The van der Waals surface area contributed by atoms with E-state index in [-0.39, 0.29) is 11.7 Å². The second-order valence-electron chi connectivity index (χ2n) is 6.03. The van der Waals surface area contributed by atoms with Gasteiger partial charge < -0.3 is 5.11 Å². The van der Waals surface area contributed by atoms with Crippen LogP contribution >= 0.6 is 11.6 Å². The van der Waals surface area contributed by atoms with Crippen molar-refractivity contribution in [1.82, 2.24) is 5.43 Å². The Bertz CT molecular complexity index is 873. The fourth-order valence-corrected chi connectivity index (χ4v) is 2.73. The maximum absolute atomic E-state index is 12.2. The molecule has 0 spiro atoms. The van der Waals surface area contributed by atoms with Gasteiger partial charge in [0, 0.05) is 22.6 Å². The molecule has 3 aromatic rings. The molecule has 2 N–H and O–H groups in total. The van der Waals surface area contributed by atoms with E-state index in [1.165, 1.54) is 0 Å². The number of amides is 1. The predicted molar refractivity (Wildman–Crippen MR) is 108 cm³/mol.